The van der Waals surface area contributed by atoms with E-state index in [1.807, 2.05) is 19.4 Å². The van der Waals surface area contributed by atoms with Gasteiger partial charge >= 0.3 is 0 Å². The number of fused-ring (bicyclic) bond motifs is 1. The summed E-state index contributed by atoms with van der Waals surface area (Å²) in [5.74, 6) is 0.503. The van der Waals surface area contributed by atoms with Crippen LogP contribution in [0, 0.1) is 0 Å². The second kappa shape index (κ2) is 8.72. The number of carbonyl (C=O) groups excluding carboxylic acids is 1. The van der Waals surface area contributed by atoms with Gasteiger partial charge in [-0.1, -0.05) is 24.3 Å². The Morgan fingerprint density at radius 2 is 2.09 bits per heavy atom. The number of rotatable bonds is 5. The maximum absolute atomic E-state index is 12.9. The number of nitrogens with zero attached hydrogens (tertiary/aromatic N) is 3. The average Bonchev–Trinajstić information content (AvgIpc) is 3.45. The Morgan fingerprint density at radius 1 is 1.25 bits per heavy atom. The molecule has 5 rings (SSSR count). The van der Waals surface area contributed by atoms with E-state index in [0.717, 1.165) is 33.7 Å². The van der Waals surface area contributed by atoms with E-state index >= 15 is 0 Å². The summed E-state index contributed by atoms with van der Waals surface area (Å²) < 4.78 is 12.9. The van der Waals surface area contributed by atoms with Crippen LogP contribution in [0.5, 0.6) is 5.75 Å². The van der Waals surface area contributed by atoms with Crippen LogP contribution in [0.2, 0.25) is 0 Å². The van der Waals surface area contributed by atoms with Crippen LogP contribution >= 0.6 is 0 Å². The van der Waals surface area contributed by atoms with Gasteiger partial charge in [0.15, 0.2) is 0 Å². The van der Waals surface area contributed by atoms with Gasteiger partial charge in [0, 0.05) is 43.8 Å². The largest absolute Gasteiger partial charge is 0.491 e. The first kappa shape index (κ1) is 20.7. The number of aliphatic hydroxyl groups excluding tert-OH is 1. The van der Waals surface area contributed by atoms with E-state index in [9.17, 15) is 9.90 Å². The van der Waals surface area contributed by atoms with Gasteiger partial charge in [-0.15, -0.1) is 0 Å². The number of aromatic nitrogens is 3. The molecule has 1 saturated heterocycles. The first-order valence-corrected chi connectivity index (χ1v) is 10.9. The number of carbonyl (C=O) groups is 1. The number of benzene rings is 1. The highest BCUT2D eigenvalue weighted by Gasteiger charge is 2.27. The quantitative estimate of drug-likeness (QED) is 0.636. The molecule has 1 fully saturated rings. The van der Waals surface area contributed by atoms with Crippen molar-refractivity contribution in [3.63, 3.8) is 0 Å². The molecule has 0 saturated carbocycles. The number of amides is 1. The Balaban J connectivity index is 1.36. The van der Waals surface area contributed by atoms with Crippen molar-refractivity contribution < 1.29 is 19.4 Å². The van der Waals surface area contributed by atoms with Crippen LogP contribution in [-0.4, -0.2) is 57.7 Å². The third-order valence-electron chi connectivity index (χ3n) is 5.97. The summed E-state index contributed by atoms with van der Waals surface area (Å²) in [5, 5.41) is 17.2. The second-order valence-electron chi connectivity index (χ2n) is 8.33. The fourth-order valence-electron chi connectivity index (χ4n) is 4.23. The third-order valence-corrected chi connectivity index (χ3v) is 5.97. The Kier molecular flexibility index (Phi) is 5.63. The SMILES string of the molecule is Cn1cc(-c2ccc(Cc3cc(C(=O)N[C@H]4CCOC[C@@H]4O)nc4c3OCC4)cc2)cn1. The Labute approximate surface area is 186 Å². The second-order valence-corrected chi connectivity index (χ2v) is 8.33. The number of aryl methyl sites for hydroxylation is 1. The van der Waals surface area contributed by atoms with E-state index in [2.05, 4.69) is 39.7 Å². The molecular formula is C24H26N4O4. The van der Waals surface area contributed by atoms with Crippen LogP contribution in [0.3, 0.4) is 0 Å². The third kappa shape index (κ3) is 4.24. The first-order chi connectivity index (χ1) is 15.6. The van der Waals surface area contributed by atoms with Gasteiger partial charge in [0.05, 0.1) is 37.3 Å². The van der Waals surface area contributed by atoms with Crippen molar-refractivity contribution in [2.75, 3.05) is 19.8 Å². The zero-order chi connectivity index (χ0) is 22.1. The number of hydrogen-bond acceptors (Lipinski definition) is 6. The zero-order valence-corrected chi connectivity index (χ0v) is 18.0. The highest BCUT2D eigenvalue weighted by Crippen LogP contribution is 2.31. The number of aliphatic hydroxyl groups is 1. The molecule has 32 heavy (non-hydrogen) atoms. The Hall–Kier alpha value is -3.23. The molecule has 8 nitrogen and oxygen atoms in total. The van der Waals surface area contributed by atoms with Gasteiger partial charge in [-0.05, 0) is 23.6 Å². The predicted octanol–water partition coefficient (Wildman–Crippen LogP) is 1.89. The summed E-state index contributed by atoms with van der Waals surface area (Å²) in [6.07, 6.45) is 5.03. The first-order valence-electron chi connectivity index (χ1n) is 10.9. The summed E-state index contributed by atoms with van der Waals surface area (Å²) >= 11 is 0. The summed E-state index contributed by atoms with van der Waals surface area (Å²) in [5.41, 5.74) is 5.41. The van der Waals surface area contributed by atoms with Gasteiger partial charge in [0.1, 0.15) is 11.4 Å². The summed E-state index contributed by atoms with van der Waals surface area (Å²) in [6.45, 7) is 1.32. The van der Waals surface area contributed by atoms with Crippen molar-refractivity contribution >= 4 is 5.91 Å². The summed E-state index contributed by atoms with van der Waals surface area (Å²) in [6, 6.07) is 9.81. The highest BCUT2D eigenvalue weighted by molar-refractivity contribution is 5.93. The molecule has 4 heterocycles. The minimum atomic E-state index is -0.705. The maximum Gasteiger partial charge on any atom is 0.270 e. The molecule has 0 aliphatic carbocycles. The molecule has 1 amide bonds. The molecule has 2 aromatic heterocycles. The normalized spacial score (nSPS) is 19.9. The number of pyridine rings is 1. The topological polar surface area (TPSA) is 98.5 Å². The molecule has 2 N–H and O–H groups in total. The van der Waals surface area contributed by atoms with Crippen molar-refractivity contribution in [1.29, 1.82) is 0 Å². The van der Waals surface area contributed by atoms with Crippen LogP contribution in [-0.2, 0) is 24.6 Å². The molecular weight excluding hydrogens is 408 g/mol. The lowest BCUT2D eigenvalue weighted by Crippen LogP contribution is -2.48. The van der Waals surface area contributed by atoms with Crippen LogP contribution in [0.4, 0.5) is 0 Å². The van der Waals surface area contributed by atoms with Gasteiger partial charge in [-0.25, -0.2) is 4.98 Å². The molecule has 2 aliphatic heterocycles. The standard InChI is InChI=1S/C24H26N4O4/c1-28-13-18(12-25-28)16-4-2-15(3-5-16)10-17-11-21(26-20-7-9-32-23(17)20)24(30)27-19-6-8-31-14-22(19)29/h2-5,11-13,19,22,29H,6-10,14H2,1H3,(H,27,30)/t19-,22-/m0/s1. The van der Waals surface area contributed by atoms with Crippen LogP contribution in [0.1, 0.15) is 33.7 Å². The van der Waals surface area contributed by atoms with Gasteiger partial charge < -0.3 is 19.9 Å². The monoisotopic (exact) mass is 434 g/mol. The van der Waals surface area contributed by atoms with E-state index in [1.165, 1.54) is 0 Å². The lowest BCUT2D eigenvalue weighted by atomic mass is 10.00. The van der Waals surface area contributed by atoms with Gasteiger partial charge in [-0.2, -0.15) is 5.10 Å². The van der Waals surface area contributed by atoms with Crippen molar-refractivity contribution in [1.82, 2.24) is 20.1 Å². The fourth-order valence-corrected chi connectivity index (χ4v) is 4.23. The Morgan fingerprint density at radius 3 is 2.84 bits per heavy atom. The summed E-state index contributed by atoms with van der Waals surface area (Å²) in [7, 11) is 1.90. The number of hydrogen-bond donors (Lipinski definition) is 2. The highest BCUT2D eigenvalue weighted by atomic mass is 16.5. The van der Waals surface area contributed by atoms with Crippen molar-refractivity contribution in [3.05, 3.63) is 65.2 Å². The minimum absolute atomic E-state index is 0.233. The van der Waals surface area contributed by atoms with E-state index in [4.69, 9.17) is 9.47 Å². The molecule has 2 aliphatic rings. The average molecular weight is 434 g/mol. The molecule has 0 bridgehead atoms. The predicted molar refractivity (Wildman–Crippen MR) is 118 cm³/mol. The van der Waals surface area contributed by atoms with E-state index in [1.54, 1.807) is 10.7 Å². The van der Waals surface area contributed by atoms with E-state index in [-0.39, 0.29) is 18.6 Å². The van der Waals surface area contributed by atoms with Crippen molar-refractivity contribution in [2.45, 2.75) is 31.4 Å². The molecule has 1 aromatic carbocycles. The van der Waals surface area contributed by atoms with Gasteiger partial charge in [0.2, 0.25) is 0 Å². The molecule has 8 heteroatoms. The maximum atomic E-state index is 12.9. The molecule has 166 valence electrons. The van der Waals surface area contributed by atoms with E-state index in [0.29, 0.717) is 38.2 Å². The number of nitrogens with one attached hydrogen (secondary N) is 1. The number of ether oxygens (including phenoxy) is 2. The minimum Gasteiger partial charge on any atom is -0.491 e. The smallest absolute Gasteiger partial charge is 0.270 e. The summed E-state index contributed by atoms with van der Waals surface area (Å²) in [4.78, 5) is 17.4. The van der Waals surface area contributed by atoms with Crippen molar-refractivity contribution in [2.24, 2.45) is 7.05 Å². The van der Waals surface area contributed by atoms with Crippen LogP contribution < -0.4 is 10.1 Å². The molecule has 2 atom stereocenters. The lowest BCUT2D eigenvalue weighted by molar-refractivity contribution is -0.0261. The van der Waals surface area contributed by atoms with Crippen molar-refractivity contribution in [3.8, 4) is 16.9 Å². The lowest BCUT2D eigenvalue weighted by Gasteiger charge is -2.28. The fraction of sp³-hybridized carbons (Fsp3) is 0.375. The molecule has 3 aromatic rings. The van der Waals surface area contributed by atoms with Crippen LogP contribution in [0.25, 0.3) is 11.1 Å². The van der Waals surface area contributed by atoms with Crippen LogP contribution in [0.15, 0.2) is 42.7 Å². The van der Waals surface area contributed by atoms with E-state index < -0.39 is 6.10 Å². The molecule has 0 unspecified atom stereocenters. The van der Waals surface area contributed by atoms with Gasteiger partial charge in [-0.3, -0.25) is 9.48 Å². The molecule has 0 spiro atoms. The Bertz CT molecular complexity index is 1130. The van der Waals surface area contributed by atoms with Gasteiger partial charge in [0.25, 0.3) is 5.91 Å². The molecule has 0 radical (unpaired) electrons. The zero-order valence-electron chi connectivity index (χ0n) is 18.0.